The first-order valence-electron chi connectivity index (χ1n) is 8.00. The lowest BCUT2D eigenvalue weighted by molar-refractivity contribution is -0.0778. The van der Waals surface area contributed by atoms with Crippen molar-refractivity contribution in [2.24, 2.45) is 0 Å². The van der Waals surface area contributed by atoms with E-state index in [1.165, 1.54) is 6.33 Å². The molecule has 0 aromatic carbocycles. The molecule has 1 fully saturated rings. The Morgan fingerprint density at radius 3 is 2.91 bits per heavy atom. The molecule has 1 amide bonds. The normalized spacial score (nSPS) is 23.8. The number of fused-ring (bicyclic) bond motifs is 1. The van der Waals surface area contributed by atoms with Crippen LogP contribution in [0, 0.1) is 0 Å². The highest BCUT2D eigenvalue weighted by Crippen LogP contribution is 2.14. The van der Waals surface area contributed by atoms with Gasteiger partial charge in [-0.15, -0.1) is 0 Å². The monoisotopic (exact) mass is 317 g/mol. The summed E-state index contributed by atoms with van der Waals surface area (Å²) in [7, 11) is 0. The zero-order chi connectivity index (χ0) is 16.4. The maximum Gasteiger partial charge on any atom is 0.270 e. The minimum absolute atomic E-state index is 0.168. The number of hydrogen-bond donors (Lipinski definition) is 2. The summed E-state index contributed by atoms with van der Waals surface area (Å²) in [5.74, 6) is -0.168. The van der Waals surface area contributed by atoms with E-state index < -0.39 is 0 Å². The average molecular weight is 317 g/mol. The Labute approximate surface area is 135 Å². The van der Waals surface area contributed by atoms with Crippen LogP contribution >= 0.6 is 0 Å². The van der Waals surface area contributed by atoms with Crippen LogP contribution in [0.5, 0.6) is 0 Å². The van der Waals surface area contributed by atoms with Crippen molar-refractivity contribution in [1.29, 1.82) is 0 Å². The second-order valence-electron chi connectivity index (χ2n) is 6.23. The fraction of sp³-hybridized carbons (Fsp3) is 0.562. The van der Waals surface area contributed by atoms with Crippen LogP contribution in [0.1, 0.15) is 31.3 Å². The Balaban J connectivity index is 1.61. The Bertz CT molecular complexity index is 676. The van der Waals surface area contributed by atoms with E-state index in [-0.39, 0.29) is 24.2 Å². The molecule has 0 spiro atoms. The van der Waals surface area contributed by atoms with Gasteiger partial charge in [-0.2, -0.15) is 0 Å². The quantitative estimate of drug-likeness (QED) is 0.885. The largest absolute Gasteiger partial charge is 0.373 e. The van der Waals surface area contributed by atoms with E-state index in [1.807, 2.05) is 6.07 Å². The molecule has 2 N–H and O–H groups in total. The molecular weight excluding hydrogens is 294 g/mol. The number of nitrogens with zero attached hydrogens (tertiary/aromatic N) is 3. The van der Waals surface area contributed by atoms with E-state index in [4.69, 9.17) is 4.74 Å². The van der Waals surface area contributed by atoms with E-state index in [1.54, 1.807) is 6.20 Å². The Kier molecular flexibility index (Phi) is 4.58. The first kappa shape index (κ1) is 15.9. The van der Waals surface area contributed by atoms with Crippen LogP contribution in [0.25, 0.3) is 11.0 Å². The van der Waals surface area contributed by atoms with Gasteiger partial charge < -0.3 is 15.0 Å². The van der Waals surface area contributed by atoms with E-state index in [0.29, 0.717) is 17.9 Å². The third-order valence-electron chi connectivity index (χ3n) is 4.20. The predicted molar refractivity (Wildman–Crippen MR) is 87.3 cm³/mol. The molecule has 2 aromatic heterocycles. The molecule has 0 radical (unpaired) electrons. The van der Waals surface area contributed by atoms with Gasteiger partial charge in [0, 0.05) is 31.9 Å². The molecule has 7 heteroatoms. The van der Waals surface area contributed by atoms with Crippen LogP contribution in [0.3, 0.4) is 0 Å². The highest BCUT2D eigenvalue weighted by Gasteiger charge is 2.26. The highest BCUT2D eigenvalue weighted by molar-refractivity contribution is 6.03. The molecule has 1 saturated heterocycles. The molecule has 2 aromatic rings. The third kappa shape index (κ3) is 3.51. The number of ether oxygens (including phenoxy) is 1. The van der Waals surface area contributed by atoms with Crippen molar-refractivity contribution < 1.29 is 9.53 Å². The summed E-state index contributed by atoms with van der Waals surface area (Å²) in [6, 6.07) is 2.07. The summed E-state index contributed by atoms with van der Waals surface area (Å²) in [5.41, 5.74) is 1.08. The van der Waals surface area contributed by atoms with Gasteiger partial charge in [-0.05, 0) is 26.8 Å². The standard InChI is InChI=1S/C16H23N5O2/c1-10(21-7-11(2)23-12(3)8-21)6-18-16(22)14-13-4-5-17-15(13)20-9-19-14/h4-5,9-12H,6-8H2,1-3H3,(H,18,22)(H,17,19,20)/t10?,11-,12+. The minimum atomic E-state index is -0.168. The van der Waals surface area contributed by atoms with Gasteiger partial charge in [-0.3, -0.25) is 9.69 Å². The average Bonchev–Trinajstić information content (AvgIpc) is 2.99. The molecule has 3 atom stereocenters. The van der Waals surface area contributed by atoms with E-state index in [0.717, 1.165) is 18.5 Å². The molecule has 7 nitrogen and oxygen atoms in total. The molecule has 1 unspecified atom stereocenters. The molecular formula is C16H23N5O2. The van der Waals surface area contributed by atoms with Crippen molar-refractivity contribution in [3.8, 4) is 0 Å². The van der Waals surface area contributed by atoms with Gasteiger partial charge in [0.15, 0.2) is 0 Å². The molecule has 23 heavy (non-hydrogen) atoms. The molecule has 124 valence electrons. The Morgan fingerprint density at radius 2 is 2.17 bits per heavy atom. The molecule has 3 rings (SSSR count). The van der Waals surface area contributed by atoms with Crippen LogP contribution in [0.4, 0.5) is 0 Å². The second-order valence-corrected chi connectivity index (χ2v) is 6.23. The number of aromatic amines is 1. The summed E-state index contributed by atoms with van der Waals surface area (Å²) in [6.45, 7) is 8.63. The van der Waals surface area contributed by atoms with Crippen LogP contribution in [0.15, 0.2) is 18.6 Å². The number of carbonyl (C=O) groups is 1. The zero-order valence-corrected chi connectivity index (χ0v) is 13.7. The Morgan fingerprint density at radius 1 is 1.43 bits per heavy atom. The maximum atomic E-state index is 12.4. The fourth-order valence-electron chi connectivity index (χ4n) is 3.08. The number of morpholine rings is 1. The smallest absolute Gasteiger partial charge is 0.270 e. The lowest BCUT2D eigenvalue weighted by Gasteiger charge is -2.38. The first-order chi connectivity index (χ1) is 11.0. The topological polar surface area (TPSA) is 83.1 Å². The second kappa shape index (κ2) is 6.64. The van der Waals surface area contributed by atoms with Crippen molar-refractivity contribution in [3.05, 3.63) is 24.3 Å². The van der Waals surface area contributed by atoms with E-state index in [9.17, 15) is 4.79 Å². The van der Waals surface area contributed by atoms with Crippen LogP contribution in [0.2, 0.25) is 0 Å². The number of hydrogen-bond acceptors (Lipinski definition) is 5. The lowest BCUT2D eigenvalue weighted by Crippen LogP contribution is -2.52. The number of nitrogens with one attached hydrogen (secondary N) is 2. The van der Waals surface area contributed by atoms with Gasteiger partial charge in [-0.1, -0.05) is 0 Å². The molecule has 0 saturated carbocycles. The van der Waals surface area contributed by atoms with Gasteiger partial charge in [0.1, 0.15) is 17.7 Å². The summed E-state index contributed by atoms with van der Waals surface area (Å²) in [5, 5.41) is 3.72. The van der Waals surface area contributed by atoms with Gasteiger partial charge in [0.05, 0.1) is 17.6 Å². The summed E-state index contributed by atoms with van der Waals surface area (Å²) < 4.78 is 5.75. The van der Waals surface area contributed by atoms with Crippen molar-refractivity contribution in [1.82, 2.24) is 25.2 Å². The number of aromatic nitrogens is 3. The SMILES string of the molecule is CC(CNC(=O)c1ncnc2[nH]ccc12)N1C[C@@H](C)O[C@@H](C)C1. The van der Waals surface area contributed by atoms with Crippen LogP contribution in [-0.4, -0.2) is 63.6 Å². The number of H-pyrrole nitrogens is 1. The molecule has 0 aliphatic carbocycles. The third-order valence-corrected chi connectivity index (χ3v) is 4.20. The zero-order valence-electron chi connectivity index (χ0n) is 13.7. The van der Waals surface area contributed by atoms with Crippen molar-refractivity contribution in [2.75, 3.05) is 19.6 Å². The lowest BCUT2D eigenvalue weighted by atomic mass is 10.1. The summed E-state index contributed by atoms with van der Waals surface area (Å²) in [4.78, 5) is 26.0. The van der Waals surface area contributed by atoms with Crippen molar-refractivity contribution >= 4 is 16.9 Å². The van der Waals surface area contributed by atoms with Gasteiger partial charge >= 0.3 is 0 Å². The summed E-state index contributed by atoms with van der Waals surface area (Å²) in [6.07, 6.45) is 3.61. The molecule has 0 bridgehead atoms. The maximum absolute atomic E-state index is 12.4. The van der Waals surface area contributed by atoms with Crippen molar-refractivity contribution in [2.45, 2.75) is 39.0 Å². The number of amides is 1. The van der Waals surface area contributed by atoms with Gasteiger partial charge in [0.25, 0.3) is 5.91 Å². The Hall–Kier alpha value is -1.99. The van der Waals surface area contributed by atoms with E-state index >= 15 is 0 Å². The highest BCUT2D eigenvalue weighted by atomic mass is 16.5. The fourth-order valence-corrected chi connectivity index (χ4v) is 3.08. The first-order valence-corrected chi connectivity index (χ1v) is 8.00. The predicted octanol–water partition coefficient (Wildman–Crippen LogP) is 1.19. The molecule has 1 aliphatic rings. The van der Waals surface area contributed by atoms with Gasteiger partial charge in [0.2, 0.25) is 0 Å². The molecule has 1 aliphatic heterocycles. The van der Waals surface area contributed by atoms with Gasteiger partial charge in [-0.25, -0.2) is 9.97 Å². The minimum Gasteiger partial charge on any atom is -0.373 e. The molecule has 3 heterocycles. The van der Waals surface area contributed by atoms with Crippen molar-refractivity contribution in [3.63, 3.8) is 0 Å². The number of rotatable bonds is 4. The summed E-state index contributed by atoms with van der Waals surface area (Å²) >= 11 is 0. The van der Waals surface area contributed by atoms with Crippen LogP contribution in [-0.2, 0) is 4.74 Å². The van der Waals surface area contributed by atoms with Crippen LogP contribution < -0.4 is 5.32 Å². The van der Waals surface area contributed by atoms with E-state index in [2.05, 4.69) is 45.9 Å². The number of carbonyl (C=O) groups excluding carboxylic acids is 1.